The molecular weight excluding hydrogens is 380 g/mol. The van der Waals surface area contributed by atoms with Crippen molar-refractivity contribution in [3.05, 3.63) is 47.2 Å². The lowest BCUT2D eigenvalue weighted by atomic mass is 9.75. The molecule has 1 aromatic heterocycles. The summed E-state index contributed by atoms with van der Waals surface area (Å²) in [6.07, 6.45) is 0.988. The molecule has 1 aromatic carbocycles. The van der Waals surface area contributed by atoms with Crippen LogP contribution in [0.3, 0.4) is 0 Å². The number of nitriles is 1. The molecular formula is C23H26N4O3. The molecule has 7 nitrogen and oxygen atoms in total. The van der Waals surface area contributed by atoms with Crippen molar-refractivity contribution in [2.45, 2.75) is 26.7 Å². The van der Waals surface area contributed by atoms with Crippen molar-refractivity contribution in [1.29, 1.82) is 5.26 Å². The molecule has 0 amide bonds. The van der Waals surface area contributed by atoms with Crippen LogP contribution in [0.15, 0.2) is 30.3 Å². The van der Waals surface area contributed by atoms with Gasteiger partial charge in [0.05, 0.1) is 11.3 Å². The third-order valence-electron chi connectivity index (χ3n) is 5.79. The third kappa shape index (κ3) is 3.71. The number of nitrogens with zero attached hydrogens (tertiary/aromatic N) is 4. The molecule has 1 fully saturated rings. The first-order valence-electron chi connectivity index (χ1n) is 10.2. The van der Waals surface area contributed by atoms with Crippen LogP contribution < -0.4 is 14.5 Å². The second-order valence-corrected chi connectivity index (χ2v) is 8.60. The Kier molecular flexibility index (Phi) is 5.35. The maximum absolute atomic E-state index is 12.8. The Morgan fingerprint density at radius 2 is 1.80 bits per heavy atom. The van der Waals surface area contributed by atoms with Gasteiger partial charge in [0, 0.05) is 38.3 Å². The summed E-state index contributed by atoms with van der Waals surface area (Å²) in [7, 11) is 0. The largest absolute Gasteiger partial charge is 0.465 e. The maximum Gasteiger partial charge on any atom is 0.186 e. The highest BCUT2D eigenvalue weighted by atomic mass is 16.6. The fourth-order valence-corrected chi connectivity index (χ4v) is 4.41. The number of para-hydroxylation sites is 1. The number of Topliss-reactive ketones (excluding diaryl/α,β-unsaturated/α-hetero) is 1. The third-order valence-corrected chi connectivity index (χ3v) is 5.79. The molecule has 1 saturated heterocycles. The van der Waals surface area contributed by atoms with E-state index in [4.69, 9.17) is 9.72 Å². The van der Waals surface area contributed by atoms with Crippen LogP contribution in [0.4, 0.5) is 11.5 Å². The number of aliphatic hydroxyl groups excluding tert-OH is 1. The van der Waals surface area contributed by atoms with Crippen LogP contribution in [0.1, 0.15) is 41.9 Å². The molecule has 1 N–H and O–H groups in total. The summed E-state index contributed by atoms with van der Waals surface area (Å²) in [6.45, 7) is 6.49. The van der Waals surface area contributed by atoms with Crippen molar-refractivity contribution in [3.63, 3.8) is 0 Å². The predicted molar refractivity (Wildman–Crippen MR) is 114 cm³/mol. The standard InChI is InChI=1S/C23H26N4O3/c1-23(2)12-18-20(19(29)13-23)21(30-15-28)17(14-24)22(25-18)27-10-8-26(9-11-27)16-6-4-3-5-7-16/h3-7,28H,8-13,15H2,1-2H3. The molecule has 30 heavy (non-hydrogen) atoms. The van der Waals surface area contributed by atoms with Crippen LogP contribution in [0, 0.1) is 16.7 Å². The second kappa shape index (κ2) is 7.96. The van der Waals surface area contributed by atoms with Crippen molar-refractivity contribution in [1.82, 2.24) is 4.98 Å². The van der Waals surface area contributed by atoms with Gasteiger partial charge in [0.1, 0.15) is 11.6 Å². The number of carbonyl (C=O) groups excluding carboxylic acids is 1. The molecule has 2 heterocycles. The summed E-state index contributed by atoms with van der Waals surface area (Å²) in [5, 5.41) is 19.3. The Bertz CT molecular complexity index is 990. The van der Waals surface area contributed by atoms with Gasteiger partial charge in [-0.1, -0.05) is 32.0 Å². The van der Waals surface area contributed by atoms with Gasteiger partial charge < -0.3 is 19.6 Å². The minimum atomic E-state index is -0.594. The minimum Gasteiger partial charge on any atom is -0.465 e. The molecule has 1 aliphatic carbocycles. The number of rotatable bonds is 4. The van der Waals surface area contributed by atoms with Crippen molar-refractivity contribution < 1.29 is 14.6 Å². The summed E-state index contributed by atoms with van der Waals surface area (Å²) in [6, 6.07) is 12.4. The fourth-order valence-electron chi connectivity index (χ4n) is 4.41. The summed E-state index contributed by atoms with van der Waals surface area (Å²) < 4.78 is 5.42. The first-order chi connectivity index (χ1) is 14.4. The normalized spacial score (nSPS) is 18.0. The van der Waals surface area contributed by atoms with Gasteiger partial charge in [-0.25, -0.2) is 4.98 Å². The zero-order valence-electron chi connectivity index (χ0n) is 17.4. The van der Waals surface area contributed by atoms with Crippen molar-refractivity contribution in [2.75, 3.05) is 42.8 Å². The number of benzene rings is 1. The van der Waals surface area contributed by atoms with Crippen LogP contribution in [0.25, 0.3) is 0 Å². The lowest BCUT2D eigenvalue weighted by molar-refractivity contribution is 0.0854. The average Bonchev–Trinajstić information content (AvgIpc) is 2.73. The highest BCUT2D eigenvalue weighted by Crippen LogP contribution is 2.42. The molecule has 0 atom stereocenters. The Balaban J connectivity index is 1.69. The summed E-state index contributed by atoms with van der Waals surface area (Å²) in [4.78, 5) is 22.0. The van der Waals surface area contributed by atoms with Gasteiger partial charge in [0.2, 0.25) is 0 Å². The Labute approximate surface area is 176 Å². The zero-order chi connectivity index (χ0) is 21.3. The van der Waals surface area contributed by atoms with E-state index < -0.39 is 6.79 Å². The first kappa shape index (κ1) is 20.2. The van der Waals surface area contributed by atoms with Gasteiger partial charge in [-0.05, 0) is 24.0 Å². The number of ketones is 1. The SMILES string of the molecule is CC1(C)CC(=O)c2c(nc(N3CCN(c4ccccc4)CC3)c(C#N)c2OCO)C1. The molecule has 156 valence electrons. The van der Waals surface area contributed by atoms with E-state index >= 15 is 0 Å². The highest BCUT2D eigenvalue weighted by Gasteiger charge is 2.37. The van der Waals surface area contributed by atoms with Crippen molar-refractivity contribution in [2.24, 2.45) is 5.41 Å². The Morgan fingerprint density at radius 1 is 1.13 bits per heavy atom. The average molecular weight is 406 g/mol. The van der Waals surface area contributed by atoms with Gasteiger partial charge in [-0.2, -0.15) is 5.26 Å². The van der Waals surface area contributed by atoms with Crippen molar-refractivity contribution >= 4 is 17.3 Å². The van der Waals surface area contributed by atoms with Gasteiger partial charge in [-0.3, -0.25) is 4.79 Å². The van der Waals surface area contributed by atoms with Crippen molar-refractivity contribution in [3.8, 4) is 11.8 Å². The lowest BCUT2D eigenvalue weighted by Gasteiger charge is -2.38. The lowest BCUT2D eigenvalue weighted by Crippen LogP contribution is -2.47. The van der Waals surface area contributed by atoms with Gasteiger partial charge >= 0.3 is 0 Å². The number of ether oxygens (including phenoxy) is 1. The summed E-state index contributed by atoms with van der Waals surface area (Å²) in [5.41, 5.74) is 2.20. The van der Waals surface area contributed by atoms with E-state index in [-0.39, 0.29) is 22.5 Å². The van der Waals surface area contributed by atoms with Crippen LogP contribution >= 0.6 is 0 Å². The van der Waals surface area contributed by atoms with E-state index in [0.29, 0.717) is 43.0 Å². The quantitative estimate of drug-likeness (QED) is 0.781. The van der Waals surface area contributed by atoms with Crippen LogP contribution in [0.5, 0.6) is 5.75 Å². The molecule has 0 spiro atoms. The number of anilines is 2. The molecule has 1 aliphatic heterocycles. The molecule has 0 bridgehead atoms. The minimum absolute atomic E-state index is 0.0888. The zero-order valence-corrected chi connectivity index (χ0v) is 17.4. The van der Waals surface area contributed by atoms with Gasteiger partial charge in [0.25, 0.3) is 0 Å². The van der Waals surface area contributed by atoms with E-state index in [1.165, 1.54) is 5.69 Å². The second-order valence-electron chi connectivity index (χ2n) is 8.60. The Morgan fingerprint density at radius 3 is 2.43 bits per heavy atom. The maximum atomic E-state index is 12.8. The summed E-state index contributed by atoms with van der Waals surface area (Å²) >= 11 is 0. The highest BCUT2D eigenvalue weighted by molar-refractivity contribution is 6.02. The molecule has 7 heteroatoms. The molecule has 0 unspecified atom stereocenters. The molecule has 0 radical (unpaired) electrons. The van der Waals surface area contributed by atoms with Crippen LogP contribution in [-0.2, 0) is 6.42 Å². The number of pyridine rings is 1. The number of hydrogen-bond acceptors (Lipinski definition) is 7. The van der Waals surface area contributed by atoms with E-state index in [1.807, 2.05) is 32.0 Å². The van der Waals surface area contributed by atoms with E-state index in [1.54, 1.807) is 0 Å². The number of piperazine rings is 1. The van der Waals surface area contributed by atoms with Gasteiger partial charge in [0.15, 0.2) is 24.1 Å². The topological polar surface area (TPSA) is 89.7 Å². The number of hydrogen-bond donors (Lipinski definition) is 1. The van der Waals surface area contributed by atoms with E-state index in [9.17, 15) is 15.2 Å². The first-order valence-corrected chi connectivity index (χ1v) is 10.2. The van der Waals surface area contributed by atoms with Crippen LogP contribution in [0.2, 0.25) is 0 Å². The monoisotopic (exact) mass is 406 g/mol. The molecule has 2 aromatic rings. The smallest absolute Gasteiger partial charge is 0.186 e. The number of carbonyl (C=O) groups is 1. The predicted octanol–water partition coefficient (Wildman–Crippen LogP) is 2.76. The number of fused-ring (bicyclic) bond motifs is 1. The van der Waals surface area contributed by atoms with Gasteiger partial charge in [-0.15, -0.1) is 0 Å². The number of aromatic nitrogens is 1. The van der Waals surface area contributed by atoms with Crippen LogP contribution in [-0.4, -0.2) is 48.8 Å². The molecule has 4 rings (SSSR count). The van der Waals surface area contributed by atoms with E-state index in [0.717, 1.165) is 13.1 Å². The molecule has 2 aliphatic rings. The number of aliphatic hydroxyl groups is 1. The van der Waals surface area contributed by atoms with E-state index in [2.05, 4.69) is 28.0 Å². The fraction of sp³-hybridized carbons (Fsp3) is 0.435. The summed E-state index contributed by atoms with van der Waals surface area (Å²) in [5.74, 6) is 0.623. The Hall–Kier alpha value is -3.11. The molecule has 0 saturated carbocycles.